The van der Waals surface area contributed by atoms with Gasteiger partial charge in [0.15, 0.2) is 0 Å². The first-order valence-corrected chi connectivity index (χ1v) is 7.70. The number of nitrogens with one attached hydrogen (secondary N) is 1. The highest BCUT2D eigenvalue weighted by Gasteiger charge is 2.36. The third-order valence-corrected chi connectivity index (χ3v) is 4.02. The van der Waals surface area contributed by atoms with E-state index >= 15 is 0 Å². The minimum Gasteiger partial charge on any atom is -0.381 e. The van der Waals surface area contributed by atoms with Gasteiger partial charge in [0.25, 0.3) is 0 Å². The number of hydrogen-bond donors (Lipinski definition) is 1. The summed E-state index contributed by atoms with van der Waals surface area (Å²) < 4.78 is 7.84. The monoisotopic (exact) mass is 279 g/mol. The molecule has 2 heterocycles. The van der Waals surface area contributed by atoms with Crippen molar-refractivity contribution in [3.05, 3.63) is 17.5 Å². The average Bonchev–Trinajstić information content (AvgIpc) is 2.94. The maximum absolute atomic E-state index is 5.71. The van der Waals surface area contributed by atoms with Crippen LogP contribution >= 0.6 is 0 Å². The predicted molar refractivity (Wildman–Crippen MR) is 82.0 cm³/mol. The largest absolute Gasteiger partial charge is 0.381 e. The molecule has 1 N–H and O–H groups in total. The van der Waals surface area contributed by atoms with Crippen LogP contribution in [0.4, 0.5) is 0 Å². The van der Waals surface area contributed by atoms with Gasteiger partial charge in [-0.3, -0.25) is 4.68 Å². The lowest BCUT2D eigenvalue weighted by atomic mass is 9.81. The Hall–Kier alpha value is -0.870. The smallest absolute Gasteiger partial charge is 0.0596 e. The van der Waals surface area contributed by atoms with E-state index in [0.29, 0.717) is 0 Å². The van der Waals surface area contributed by atoms with Crippen molar-refractivity contribution in [1.29, 1.82) is 0 Å². The third kappa shape index (κ3) is 3.83. The summed E-state index contributed by atoms with van der Waals surface area (Å²) in [5.74, 6) is 0. The molecule has 0 amide bonds. The molecule has 4 nitrogen and oxygen atoms in total. The van der Waals surface area contributed by atoms with Crippen LogP contribution in [0.3, 0.4) is 0 Å². The van der Waals surface area contributed by atoms with Crippen LogP contribution in [-0.2, 0) is 17.7 Å². The highest BCUT2D eigenvalue weighted by Crippen LogP contribution is 2.33. The Morgan fingerprint density at radius 1 is 1.45 bits per heavy atom. The van der Waals surface area contributed by atoms with Gasteiger partial charge in [-0.1, -0.05) is 0 Å². The number of hydrogen-bond acceptors (Lipinski definition) is 3. The molecule has 1 saturated heterocycles. The van der Waals surface area contributed by atoms with Crippen molar-refractivity contribution >= 4 is 0 Å². The Morgan fingerprint density at radius 2 is 2.20 bits per heavy atom. The van der Waals surface area contributed by atoms with Gasteiger partial charge in [-0.2, -0.15) is 5.10 Å². The molecule has 0 radical (unpaired) electrons. The molecule has 1 aliphatic rings. The molecule has 0 aromatic carbocycles. The van der Waals surface area contributed by atoms with Crippen LogP contribution < -0.4 is 5.32 Å². The van der Waals surface area contributed by atoms with Crippen molar-refractivity contribution in [2.45, 2.75) is 59.5 Å². The van der Waals surface area contributed by atoms with E-state index in [4.69, 9.17) is 4.74 Å². The molecule has 0 aliphatic carbocycles. The van der Waals surface area contributed by atoms with Crippen molar-refractivity contribution in [2.24, 2.45) is 5.41 Å². The predicted octanol–water partition coefficient (Wildman–Crippen LogP) is 2.55. The molecule has 0 bridgehead atoms. The van der Waals surface area contributed by atoms with Crippen molar-refractivity contribution in [2.75, 3.05) is 19.8 Å². The minimum absolute atomic E-state index is 0.149. The summed E-state index contributed by atoms with van der Waals surface area (Å²) in [5, 5.41) is 8.23. The molecule has 1 fully saturated rings. The molecule has 0 spiro atoms. The zero-order valence-electron chi connectivity index (χ0n) is 13.6. The minimum atomic E-state index is 0.149. The van der Waals surface area contributed by atoms with E-state index in [1.165, 1.54) is 5.69 Å². The maximum Gasteiger partial charge on any atom is 0.0596 e. The Morgan fingerprint density at radius 3 is 2.75 bits per heavy atom. The van der Waals surface area contributed by atoms with Gasteiger partial charge in [-0.25, -0.2) is 0 Å². The fourth-order valence-electron chi connectivity index (χ4n) is 2.84. The molecule has 1 aromatic rings. The van der Waals surface area contributed by atoms with E-state index in [9.17, 15) is 0 Å². The summed E-state index contributed by atoms with van der Waals surface area (Å²) in [4.78, 5) is 0. The molecule has 1 aliphatic heterocycles. The number of ether oxygens (including phenoxy) is 1. The first kappa shape index (κ1) is 15.5. The van der Waals surface area contributed by atoms with Gasteiger partial charge in [0.1, 0.15) is 0 Å². The maximum atomic E-state index is 5.71. The normalized spacial score (nSPS) is 23.4. The zero-order chi connectivity index (χ0) is 14.8. The molecule has 2 rings (SSSR count). The lowest BCUT2D eigenvalue weighted by Crippen LogP contribution is -2.45. The highest BCUT2D eigenvalue weighted by atomic mass is 16.5. The standard InChI is InChI=1S/C16H29N3O/c1-6-19-14(9-13(2)18-19)10-16(7-8-20-12-16)11-17-15(3,4)5/h9,17H,6-8,10-12H2,1-5H3. The van der Waals surface area contributed by atoms with Crippen molar-refractivity contribution in [3.8, 4) is 0 Å². The van der Waals surface area contributed by atoms with E-state index in [0.717, 1.165) is 44.8 Å². The van der Waals surface area contributed by atoms with Gasteiger partial charge >= 0.3 is 0 Å². The van der Waals surface area contributed by atoms with Crippen LogP contribution in [0, 0.1) is 12.3 Å². The van der Waals surface area contributed by atoms with E-state index in [-0.39, 0.29) is 11.0 Å². The first-order valence-electron chi connectivity index (χ1n) is 7.70. The fraction of sp³-hybridized carbons (Fsp3) is 0.812. The van der Waals surface area contributed by atoms with Gasteiger partial charge in [0, 0.05) is 36.3 Å². The van der Waals surface area contributed by atoms with Gasteiger partial charge in [0.2, 0.25) is 0 Å². The molecular formula is C16H29N3O. The van der Waals surface area contributed by atoms with Crippen molar-refractivity contribution in [3.63, 3.8) is 0 Å². The fourth-order valence-corrected chi connectivity index (χ4v) is 2.84. The second-order valence-electron chi connectivity index (χ2n) is 7.18. The van der Waals surface area contributed by atoms with Gasteiger partial charge < -0.3 is 10.1 Å². The molecule has 0 saturated carbocycles. The number of aryl methyl sites for hydroxylation is 2. The summed E-state index contributed by atoms with van der Waals surface area (Å²) in [5.41, 5.74) is 2.81. The topological polar surface area (TPSA) is 39.1 Å². The van der Waals surface area contributed by atoms with Crippen molar-refractivity contribution < 1.29 is 4.74 Å². The summed E-state index contributed by atoms with van der Waals surface area (Å²) in [6.07, 6.45) is 2.18. The van der Waals surface area contributed by atoms with Gasteiger partial charge in [-0.15, -0.1) is 0 Å². The summed E-state index contributed by atoms with van der Waals surface area (Å²) in [6.45, 7) is 14.6. The lowest BCUT2D eigenvalue weighted by Gasteiger charge is -2.32. The molecule has 1 atom stereocenters. The number of rotatable bonds is 5. The average molecular weight is 279 g/mol. The summed E-state index contributed by atoms with van der Waals surface area (Å²) in [6, 6.07) is 2.22. The molecule has 4 heteroatoms. The van der Waals surface area contributed by atoms with Crippen LogP contribution in [0.2, 0.25) is 0 Å². The van der Waals surface area contributed by atoms with Crippen LogP contribution in [0.15, 0.2) is 6.07 Å². The van der Waals surface area contributed by atoms with Crippen molar-refractivity contribution in [1.82, 2.24) is 15.1 Å². The zero-order valence-corrected chi connectivity index (χ0v) is 13.6. The summed E-state index contributed by atoms with van der Waals surface area (Å²) >= 11 is 0. The Balaban J connectivity index is 2.12. The molecule has 20 heavy (non-hydrogen) atoms. The summed E-state index contributed by atoms with van der Waals surface area (Å²) in [7, 11) is 0. The van der Waals surface area contributed by atoms with Crippen LogP contribution in [0.5, 0.6) is 0 Å². The third-order valence-electron chi connectivity index (χ3n) is 4.02. The van der Waals surface area contributed by atoms with E-state index < -0.39 is 0 Å². The van der Waals surface area contributed by atoms with Crippen LogP contribution in [0.1, 0.15) is 45.5 Å². The van der Waals surface area contributed by atoms with Gasteiger partial charge in [0.05, 0.1) is 12.3 Å². The number of nitrogens with zero attached hydrogens (tertiary/aromatic N) is 2. The first-order chi connectivity index (χ1) is 9.34. The van der Waals surface area contributed by atoms with Gasteiger partial charge in [-0.05, 0) is 53.5 Å². The lowest BCUT2D eigenvalue weighted by molar-refractivity contribution is 0.142. The molecule has 1 unspecified atom stereocenters. The second kappa shape index (κ2) is 5.86. The van der Waals surface area contributed by atoms with Crippen LogP contribution in [-0.4, -0.2) is 35.1 Å². The second-order valence-corrected chi connectivity index (χ2v) is 7.18. The Labute approximate surface area is 122 Å². The van der Waals surface area contributed by atoms with E-state index in [2.05, 4.69) is 55.8 Å². The number of aromatic nitrogens is 2. The SMILES string of the molecule is CCn1nc(C)cc1CC1(CNC(C)(C)C)CCOC1. The quantitative estimate of drug-likeness (QED) is 0.900. The van der Waals surface area contributed by atoms with Crippen LogP contribution in [0.25, 0.3) is 0 Å². The highest BCUT2D eigenvalue weighted by molar-refractivity contribution is 5.12. The Kier molecular flexibility index (Phi) is 4.55. The van der Waals surface area contributed by atoms with E-state index in [1.807, 2.05) is 0 Å². The molecule has 114 valence electrons. The molecule has 1 aromatic heterocycles. The molecular weight excluding hydrogens is 250 g/mol. The Bertz CT molecular complexity index is 439. The van der Waals surface area contributed by atoms with E-state index in [1.54, 1.807) is 0 Å².